The molecule has 140 valence electrons. The smallest absolute Gasteiger partial charge is 0.191 e. The maximum Gasteiger partial charge on any atom is 0.191 e. The van der Waals surface area contributed by atoms with Crippen LogP contribution in [-0.2, 0) is 25.9 Å². The molecule has 1 aliphatic heterocycles. The highest BCUT2D eigenvalue weighted by Crippen LogP contribution is 2.14. The lowest BCUT2D eigenvalue weighted by molar-refractivity contribution is 0.605. The number of nitrogens with one attached hydrogen (secondary N) is 2. The molecule has 0 spiro atoms. The molecule has 6 nitrogen and oxygen atoms in total. The predicted molar refractivity (Wildman–Crippen MR) is 100 cm³/mol. The number of benzene rings is 1. The van der Waals surface area contributed by atoms with Crippen LogP contribution in [0.3, 0.4) is 0 Å². The van der Waals surface area contributed by atoms with Gasteiger partial charge in [-0.1, -0.05) is 18.6 Å². The van der Waals surface area contributed by atoms with Crippen LogP contribution in [0.4, 0.5) is 4.39 Å². The van der Waals surface area contributed by atoms with Gasteiger partial charge >= 0.3 is 0 Å². The molecule has 0 bridgehead atoms. The fraction of sp³-hybridized carbons (Fsp3) is 0.526. The molecular formula is C19H27FN6. The molecule has 0 atom stereocenters. The molecule has 2 heterocycles. The Bertz CT molecular complexity index is 722. The van der Waals surface area contributed by atoms with Crippen LogP contribution in [0.5, 0.6) is 0 Å². The van der Waals surface area contributed by atoms with Crippen molar-refractivity contribution in [2.45, 2.75) is 52.1 Å². The predicted octanol–water partition coefficient (Wildman–Crippen LogP) is 2.44. The van der Waals surface area contributed by atoms with E-state index in [2.05, 4.69) is 30.4 Å². The minimum absolute atomic E-state index is 0.205. The molecule has 0 radical (unpaired) electrons. The number of halogens is 1. The first-order chi connectivity index (χ1) is 12.8. The van der Waals surface area contributed by atoms with E-state index >= 15 is 0 Å². The van der Waals surface area contributed by atoms with Crippen molar-refractivity contribution in [2.75, 3.05) is 13.1 Å². The van der Waals surface area contributed by atoms with E-state index in [1.807, 2.05) is 19.1 Å². The number of guanidine groups is 1. The van der Waals surface area contributed by atoms with Gasteiger partial charge in [-0.3, -0.25) is 0 Å². The molecule has 2 N–H and O–H groups in total. The minimum atomic E-state index is -0.205. The summed E-state index contributed by atoms with van der Waals surface area (Å²) in [6, 6.07) is 6.61. The van der Waals surface area contributed by atoms with E-state index in [1.165, 1.54) is 31.4 Å². The maximum atomic E-state index is 13.0. The van der Waals surface area contributed by atoms with E-state index in [0.29, 0.717) is 6.54 Å². The van der Waals surface area contributed by atoms with E-state index in [4.69, 9.17) is 0 Å². The third-order valence-corrected chi connectivity index (χ3v) is 4.53. The molecule has 7 heteroatoms. The Morgan fingerprint density at radius 2 is 2.00 bits per heavy atom. The van der Waals surface area contributed by atoms with Crippen molar-refractivity contribution in [2.24, 2.45) is 4.99 Å². The largest absolute Gasteiger partial charge is 0.357 e. The topological polar surface area (TPSA) is 67.1 Å². The SMILES string of the molecule is CCNC(=NCc1nnc2n1CCCCC2)NCCc1ccc(F)cc1. The molecule has 1 aromatic carbocycles. The normalized spacial score (nSPS) is 14.6. The summed E-state index contributed by atoms with van der Waals surface area (Å²) in [6.07, 6.45) is 5.43. The third kappa shape index (κ3) is 5.03. The zero-order valence-corrected chi connectivity index (χ0v) is 15.3. The van der Waals surface area contributed by atoms with Crippen molar-refractivity contribution in [3.63, 3.8) is 0 Å². The van der Waals surface area contributed by atoms with Gasteiger partial charge in [-0.05, 0) is 43.9 Å². The Morgan fingerprint density at radius 3 is 2.81 bits per heavy atom. The van der Waals surface area contributed by atoms with Gasteiger partial charge in [-0.15, -0.1) is 10.2 Å². The first kappa shape index (κ1) is 18.4. The Morgan fingerprint density at radius 1 is 1.15 bits per heavy atom. The zero-order chi connectivity index (χ0) is 18.2. The Kier molecular flexibility index (Phi) is 6.57. The van der Waals surface area contributed by atoms with Crippen LogP contribution >= 0.6 is 0 Å². The first-order valence-electron chi connectivity index (χ1n) is 9.44. The van der Waals surface area contributed by atoms with Crippen LogP contribution < -0.4 is 10.6 Å². The highest BCUT2D eigenvalue weighted by Gasteiger charge is 2.14. The van der Waals surface area contributed by atoms with Gasteiger partial charge in [0, 0.05) is 26.1 Å². The highest BCUT2D eigenvalue weighted by molar-refractivity contribution is 5.79. The van der Waals surface area contributed by atoms with Gasteiger partial charge in [0.05, 0.1) is 0 Å². The van der Waals surface area contributed by atoms with Gasteiger partial charge < -0.3 is 15.2 Å². The molecule has 0 saturated carbocycles. The molecule has 0 amide bonds. The number of fused-ring (bicyclic) bond motifs is 1. The molecule has 0 saturated heterocycles. The second-order valence-electron chi connectivity index (χ2n) is 6.49. The molecule has 1 aromatic heterocycles. The summed E-state index contributed by atoms with van der Waals surface area (Å²) >= 11 is 0. The summed E-state index contributed by atoms with van der Waals surface area (Å²) in [6.45, 7) is 5.07. The monoisotopic (exact) mass is 358 g/mol. The van der Waals surface area contributed by atoms with Crippen LogP contribution in [0, 0.1) is 5.82 Å². The number of aliphatic imine (C=N–C) groups is 1. The van der Waals surface area contributed by atoms with E-state index in [0.717, 1.165) is 55.6 Å². The third-order valence-electron chi connectivity index (χ3n) is 4.53. The second kappa shape index (κ2) is 9.31. The fourth-order valence-corrected chi connectivity index (χ4v) is 3.13. The van der Waals surface area contributed by atoms with Crippen LogP contribution in [0.1, 0.15) is 43.4 Å². The average Bonchev–Trinajstić information content (AvgIpc) is 2.87. The van der Waals surface area contributed by atoms with Gasteiger partial charge in [-0.25, -0.2) is 9.38 Å². The van der Waals surface area contributed by atoms with Crippen LogP contribution in [0.25, 0.3) is 0 Å². The number of hydrogen-bond donors (Lipinski definition) is 2. The molecule has 26 heavy (non-hydrogen) atoms. The molecule has 0 unspecified atom stereocenters. The Hall–Kier alpha value is -2.44. The molecule has 0 aliphatic carbocycles. The summed E-state index contributed by atoms with van der Waals surface area (Å²) in [5.74, 6) is 2.57. The minimum Gasteiger partial charge on any atom is -0.357 e. The summed E-state index contributed by atoms with van der Waals surface area (Å²) in [5, 5.41) is 15.2. The summed E-state index contributed by atoms with van der Waals surface area (Å²) in [7, 11) is 0. The lowest BCUT2D eigenvalue weighted by Gasteiger charge is -2.11. The van der Waals surface area contributed by atoms with Gasteiger partial charge in [0.25, 0.3) is 0 Å². The quantitative estimate of drug-likeness (QED) is 0.615. The van der Waals surface area contributed by atoms with Crippen molar-refractivity contribution < 1.29 is 4.39 Å². The molecule has 1 aliphatic rings. The van der Waals surface area contributed by atoms with Crippen molar-refractivity contribution in [1.82, 2.24) is 25.4 Å². The molecule has 2 aromatic rings. The Balaban J connectivity index is 1.57. The molecular weight excluding hydrogens is 331 g/mol. The van der Waals surface area contributed by atoms with Crippen LogP contribution in [-0.4, -0.2) is 33.8 Å². The van der Waals surface area contributed by atoms with E-state index < -0.39 is 0 Å². The number of nitrogens with zero attached hydrogens (tertiary/aromatic N) is 4. The van der Waals surface area contributed by atoms with Crippen molar-refractivity contribution >= 4 is 5.96 Å². The average molecular weight is 358 g/mol. The van der Waals surface area contributed by atoms with E-state index in [9.17, 15) is 4.39 Å². The van der Waals surface area contributed by atoms with Crippen molar-refractivity contribution in [3.05, 3.63) is 47.3 Å². The lowest BCUT2D eigenvalue weighted by atomic mass is 10.1. The van der Waals surface area contributed by atoms with Crippen molar-refractivity contribution in [3.8, 4) is 0 Å². The number of rotatable bonds is 6. The van der Waals surface area contributed by atoms with Gasteiger partial charge in [0.2, 0.25) is 0 Å². The fourth-order valence-electron chi connectivity index (χ4n) is 3.13. The standard InChI is InChI=1S/C19H27FN6/c1-2-21-19(22-12-11-15-7-9-16(20)10-8-15)23-14-18-25-24-17-6-4-3-5-13-26(17)18/h7-10H,2-6,11-14H2,1H3,(H2,21,22,23). The van der Waals surface area contributed by atoms with Crippen LogP contribution in [0.2, 0.25) is 0 Å². The second-order valence-corrected chi connectivity index (χ2v) is 6.49. The van der Waals surface area contributed by atoms with E-state index in [1.54, 1.807) is 0 Å². The van der Waals surface area contributed by atoms with Crippen molar-refractivity contribution in [1.29, 1.82) is 0 Å². The Labute approximate surface area is 153 Å². The first-order valence-corrected chi connectivity index (χ1v) is 9.44. The lowest BCUT2D eigenvalue weighted by Crippen LogP contribution is -2.38. The maximum absolute atomic E-state index is 13.0. The summed E-state index contributed by atoms with van der Waals surface area (Å²) < 4.78 is 15.2. The summed E-state index contributed by atoms with van der Waals surface area (Å²) in [5.41, 5.74) is 1.09. The van der Waals surface area contributed by atoms with Gasteiger partial charge in [0.1, 0.15) is 18.2 Å². The van der Waals surface area contributed by atoms with Gasteiger partial charge in [0.15, 0.2) is 11.8 Å². The molecule has 3 rings (SSSR count). The number of aryl methyl sites for hydroxylation is 1. The summed E-state index contributed by atoms with van der Waals surface area (Å²) in [4.78, 5) is 4.65. The number of aromatic nitrogens is 3. The van der Waals surface area contributed by atoms with Crippen LogP contribution in [0.15, 0.2) is 29.3 Å². The number of hydrogen-bond acceptors (Lipinski definition) is 3. The van der Waals surface area contributed by atoms with Gasteiger partial charge in [-0.2, -0.15) is 0 Å². The highest BCUT2D eigenvalue weighted by atomic mass is 19.1. The van der Waals surface area contributed by atoms with E-state index in [-0.39, 0.29) is 5.82 Å². The zero-order valence-electron chi connectivity index (χ0n) is 15.3. The molecule has 0 fully saturated rings.